The van der Waals surface area contributed by atoms with Crippen molar-refractivity contribution in [2.75, 3.05) is 9.80 Å². The lowest BCUT2D eigenvalue weighted by Crippen LogP contribution is -2.11. The second-order valence-corrected chi connectivity index (χ2v) is 18.8. The molecule has 0 unspecified atom stereocenters. The molecule has 0 spiro atoms. The predicted molar refractivity (Wildman–Crippen MR) is 304 cm³/mol. The quantitative estimate of drug-likeness (QED) is 0.152. The highest BCUT2D eigenvalue weighted by Gasteiger charge is 2.26. The lowest BCUT2D eigenvalue weighted by Gasteiger charge is -2.28. The summed E-state index contributed by atoms with van der Waals surface area (Å²) >= 11 is 0. The summed E-state index contributed by atoms with van der Waals surface area (Å²) in [7, 11) is 0. The number of anilines is 6. The largest absolute Gasteiger partial charge is 0.456 e. The highest BCUT2D eigenvalue weighted by molar-refractivity contribution is 6.17. The minimum Gasteiger partial charge on any atom is -0.456 e. The predicted octanol–water partition coefficient (Wildman–Crippen LogP) is 20.0. The van der Waals surface area contributed by atoms with Gasteiger partial charge < -0.3 is 23.1 Å². The molecule has 0 aliphatic carbocycles. The van der Waals surface area contributed by atoms with Crippen LogP contribution in [0.1, 0.15) is 0 Å². The Morgan fingerprint density at radius 1 is 0.233 bits per heavy atom. The van der Waals surface area contributed by atoms with Gasteiger partial charge in [0.1, 0.15) is 22.3 Å². The highest BCUT2D eigenvalue weighted by atomic mass is 16.3. The van der Waals surface area contributed by atoms with Crippen molar-refractivity contribution >= 4 is 121 Å². The van der Waals surface area contributed by atoms with Gasteiger partial charge in [0.05, 0.1) is 11.4 Å². The Kier molecular flexibility index (Phi) is 9.19. The van der Waals surface area contributed by atoms with Crippen LogP contribution in [0.2, 0.25) is 0 Å². The third kappa shape index (κ3) is 6.63. The minimum atomic E-state index is 0.834. The Morgan fingerprint density at radius 3 is 1.07 bits per heavy atom. The van der Waals surface area contributed by atoms with Crippen molar-refractivity contribution in [2.24, 2.45) is 0 Å². The van der Waals surface area contributed by atoms with Gasteiger partial charge >= 0.3 is 0 Å². The van der Waals surface area contributed by atoms with E-state index < -0.39 is 0 Å². The summed E-state index contributed by atoms with van der Waals surface area (Å²) in [4.78, 5) is 4.69. The van der Waals surface area contributed by atoms with Crippen LogP contribution in [0.3, 0.4) is 0 Å². The van der Waals surface area contributed by atoms with Crippen molar-refractivity contribution in [2.45, 2.75) is 0 Å². The molecule has 0 bridgehead atoms. The van der Waals surface area contributed by atoms with E-state index >= 15 is 0 Å². The molecular formula is C68H42N2O3. The molecular weight excluding hydrogens is 893 g/mol. The van der Waals surface area contributed by atoms with Crippen LogP contribution in [0.4, 0.5) is 34.1 Å². The summed E-state index contributed by atoms with van der Waals surface area (Å²) in [6, 6.07) is 90.2. The van der Waals surface area contributed by atoms with Crippen LogP contribution in [0.15, 0.2) is 268 Å². The molecule has 12 aromatic carbocycles. The number of nitrogens with zero attached hydrogens (tertiary/aromatic N) is 2. The minimum absolute atomic E-state index is 0.834. The van der Waals surface area contributed by atoms with Gasteiger partial charge in [-0.15, -0.1) is 0 Å². The molecule has 0 aliphatic rings. The van der Waals surface area contributed by atoms with E-state index in [1.165, 1.54) is 0 Å². The number of furan rings is 3. The van der Waals surface area contributed by atoms with E-state index in [1.807, 2.05) is 12.1 Å². The molecule has 15 rings (SSSR count). The van der Waals surface area contributed by atoms with Crippen LogP contribution in [-0.2, 0) is 0 Å². The van der Waals surface area contributed by atoms with E-state index in [0.717, 1.165) is 144 Å². The summed E-state index contributed by atoms with van der Waals surface area (Å²) < 4.78 is 20.6. The lowest BCUT2D eigenvalue weighted by molar-refractivity contribution is 0.669. The van der Waals surface area contributed by atoms with Gasteiger partial charge in [0.15, 0.2) is 11.2 Å². The summed E-state index contributed by atoms with van der Waals surface area (Å²) in [5.41, 5.74) is 15.5. The zero-order valence-corrected chi connectivity index (χ0v) is 39.4. The van der Waals surface area contributed by atoms with Crippen LogP contribution in [-0.4, -0.2) is 0 Å². The van der Waals surface area contributed by atoms with Crippen LogP contribution < -0.4 is 9.80 Å². The number of fused-ring (bicyclic) bond motifs is 11. The number of hydrogen-bond donors (Lipinski definition) is 0. The van der Waals surface area contributed by atoms with Crippen molar-refractivity contribution < 1.29 is 13.3 Å². The maximum atomic E-state index is 6.89. The third-order valence-electron chi connectivity index (χ3n) is 14.6. The molecule has 0 aliphatic heterocycles. The fourth-order valence-corrected chi connectivity index (χ4v) is 11.2. The second kappa shape index (κ2) is 16.4. The van der Waals surface area contributed by atoms with Crippen molar-refractivity contribution in [3.8, 4) is 22.3 Å². The zero-order chi connectivity index (χ0) is 48.0. The van der Waals surface area contributed by atoms with Crippen molar-refractivity contribution in [3.63, 3.8) is 0 Å². The Labute approximate surface area is 419 Å². The molecule has 73 heavy (non-hydrogen) atoms. The number of para-hydroxylation sites is 4. The average Bonchev–Trinajstić information content (AvgIpc) is 4.15. The lowest BCUT2D eigenvalue weighted by atomic mass is 9.98. The molecule has 0 saturated heterocycles. The Bertz CT molecular complexity index is 4320. The van der Waals surface area contributed by atoms with Gasteiger partial charge in [0.2, 0.25) is 0 Å². The van der Waals surface area contributed by atoms with Crippen LogP contribution >= 0.6 is 0 Å². The first-order valence-corrected chi connectivity index (χ1v) is 24.7. The van der Waals surface area contributed by atoms with Gasteiger partial charge in [-0.3, -0.25) is 0 Å². The maximum Gasteiger partial charge on any atom is 0.160 e. The van der Waals surface area contributed by atoms with Crippen molar-refractivity contribution in [1.82, 2.24) is 0 Å². The molecule has 5 heteroatoms. The van der Waals surface area contributed by atoms with E-state index in [2.05, 4.69) is 252 Å². The standard InChI is InChI=1S/C68H42N2O3/c1-5-17-43(18-6-1)53-33-35-57-55-25-13-15-27-61(55)72-67(57)65(53)69(49-21-9-3-10-22-49)51-31-29-45-39-59-60-40-46-30-32-52(38-48(46)42-64(60)71-63(59)41-47(45)37-51)70(50-23-11-4-12-24-50)66-54(44-19-7-2-8-20-44)34-36-58-56-26-14-16-28-62(56)73-68(58)66/h1-42H. The van der Waals surface area contributed by atoms with Gasteiger partial charge in [-0.05, 0) is 130 Å². The Balaban J connectivity index is 0.893. The summed E-state index contributed by atoms with van der Waals surface area (Å²) in [5, 5.41) is 10.9. The van der Waals surface area contributed by atoms with E-state index in [0.29, 0.717) is 0 Å². The summed E-state index contributed by atoms with van der Waals surface area (Å²) in [5.74, 6) is 0. The monoisotopic (exact) mass is 934 g/mol. The highest BCUT2D eigenvalue weighted by Crippen LogP contribution is 2.50. The van der Waals surface area contributed by atoms with E-state index in [9.17, 15) is 0 Å². The first-order valence-electron chi connectivity index (χ1n) is 24.7. The van der Waals surface area contributed by atoms with Crippen LogP contribution in [0.5, 0.6) is 0 Å². The van der Waals surface area contributed by atoms with Gasteiger partial charge in [0, 0.05) is 66.2 Å². The fourth-order valence-electron chi connectivity index (χ4n) is 11.2. The first kappa shape index (κ1) is 41.0. The Hall–Kier alpha value is -9.84. The van der Waals surface area contributed by atoms with E-state index in [4.69, 9.17) is 13.3 Å². The topological polar surface area (TPSA) is 45.9 Å². The van der Waals surface area contributed by atoms with Gasteiger partial charge in [-0.2, -0.15) is 0 Å². The summed E-state index contributed by atoms with van der Waals surface area (Å²) in [6.07, 6.45) is 0. The fraction of sp³-hybridized carbons (Fsp3) is 0. The maximum absolute atomic E-state index is 6.89. The smallest absolute Gasteiger partial charge is 0.160 e. The Morgan fingerprint density at radius 2 is 0.630 bits per heavy atom. The van der Waals surface area contributed by atoms with Crippen molar-refractivity contribution in [3.05, 3.63) is 255 Å². The normalized spacial score (nSPS) is 11.8. The molecule has 0 radical (unpaired) electrons. The van der Waals surface area contributed by atoms with Gasteiger partial charge in [0.25, 0.3) is 0 Å². The number of hydrogen-bond acceptors (Lipinski definition) is 5. The SMILES string of the molecule is c1ccc(-c2ccc3c(oc4ccccc43)c2N(c2ccccc2)c2ccc3cc4c(cc3c2)oc2cc3cc(N(c5ccccc5)c5c(-c6ccccc6)ccc6c5oc5ccccc56)ccc3cc24)cc1. The van der Waals surface area contributed by atoms with Gasteiger partial charge in [-0.1, -0.05) is 158 Å². The number of rotatable bonds is 8. The molecule has 0 fully saturated rings. The van der Waals surface area contributed by atoms with Crippen LogP contribution in [0, 0.1) is 0 Å². The molecule has 3 heterocycles. The molecule has 0 N–H and O–H groups in total. The second-order valence-electron chi connectivity index (χ2n) is 18.8. The molecule has 0 saturated carbocycles. The van der Waals surface area contributed by atoms with Gasteiger partial charge in [-0.25, -0.2) is 0 Å². The summed E-state index contributed by atoms with van der Waals surface area (Å²) in [6.45, 7) is 0. The van der Waals surface area contributed by atoms with E-state index in [-0.39, 0.29) is 0 Å². The molecule has 0 amide bonds. The molecule has 5 nitrogen and oxygen atoms in total. The zero-order valence-electron chi connectivity index (χ0n) is 39.4. The molecule has 342 valence electrons. The third-order valence-corrected chi connectivity index (χ3v) is 14.6. The molecule has 0 atom stereocenters. The molecule has 15 aromatic rings. The van der Waals surface area contributed by atoms with Crippen molar-refractivity contribution in [1.29, 1.82) is 0 Å². The number of benzene rings is 12. The van der Waals surface area contributed by atoms with E-state index in [1.54, 1.807) is 0 Å². The first-order chi connectivity index (χ1) is 36.2. The molecule has 3 aromatic heterocycles. The average molecular weight is 935 g/mol. The van der Waals surface area contributed by atoms with Crippen LogP contribution in [0.25, 0.3) is 110 Å².